The number of furan rings is 1. The van der Waals surface area contributed by atoms with Gasteiger partial charge in [-0.25, -0.2) is 0 Å². The minimum Gasteiger partial charge on any atom is -0.497 e. The fourth-order valence-electron chi connectivity index (χ4n) is 4.33. The van der Waals surface area contributed by atoms with E-state index in [1.807, 2.05) is 24.3 Å². The number of nitriles is 1. The molecule has 1 saturated heterocycles. The summed E-state index contributed by atoms with van der Waals surface area (Å²) in [6.07, 6.45) is 1.45. The zero-order chi connectivity index (χ0) is 22.3. The van der Waals surface area contributed by atoms with Gasteiger partial charge in [0.15, 0.2) is 10.6 Å². The summed E-state index contributed by atoms with van der Waals surface area (Å²) in [5.74, 6) is 0.916. The Morgan fingerprint density at radius 1 is 1.25 bits per heavy atom. The molecule has 3 aromatic rings. The van der Waals surface area contributed by atoms with E-state index in [1.165, 1.54) is 18.0 Å². The van der Waals surface area contributed by atoms with Crippen molar-refractivity contribution < 1.29 is 18.7 Å². The van der Waals surface area contributed by atoms with Crippen LogP contribution in [-0.2, 0) is 16.2 Å². The Morgan fingerprint density at radius 3 is 2.88 bits per heavy atom. The van der Waals surface area contributed by atoms with Gasteiger partial charge in [-0.1, -0.05) is 12.1 Å². The molecule has 0 saturated carbocycles. The summed E-state index contributed by atoms with van der Waals surface area (Å²) in [5.41, 5.74) is 2.82. The lowest BCUT2D eigenvalue weighted by atomic mass is 10.0. The monoisotopic (exact) mass is 445 g/mol. The van der Waals surface area contributed by atoms with E-state index in [-0.39, 0.29) is 17.6 Å². The van der Waals surface area contributed by atoms with E-state index in [9.17, 15) is 14.9 Å². The molecule has 0 N–H and O–H groups in total. The number of methoxy groups -OCH3 is 1. The lowest BCUT2D eigenvalue weighted by molar-refractivity contribution is -0.123. The summed E-state index contributed by atoms with van der Waals surface area (Å²) in [5, 5.41) is 9.24. The summed E-state index contributed by atoms with van der Waals surface area (Å²) in [6, 6.07) is 18.1. The van der Waals surface area contributed by atoms with Gasteiger partial charge < -0.3 is 19.0 Å². The van der Waals surface area contributed by atoms with Crippen molar-refractivity contribution in [3.05, 3.63) is 83.3 Å². The fraction of sp³-hybridized carbons (Fsp3) is 0.208. The van der Waals surface area contributed by atoms with Gasteiger partial charge in [-0.05, 0) is 48.0 Å². The molecule has 2 amide bonds. The van der Waals surface area contributed by atoms with Gasteiger partial charge in [-0.3, -0.25) is 9.59 Å². The first kappa shape index (κ1) is 20.2. The van der Waals surface area contributed by atoms with Gasteiger partial charge in [0.2, 0.25) is 0 Å². The van der Waals surface area contributed by atoms with Gasteiger partial charge in [-0.15, -0.1) is 11.8 Å². The Labute approximate surface area is 189 Å². The van der Waals surface area contributed by atoms with Crippen molar-refractivity contribution in [2.75, 3.05) is 24.3 Å². The lowest BCUT2D eigenvalue weighted by Gasteiger charge is -2.32. The Hall–Kier alpha value is -3.70. The first-order chi connectivity index (χ1) is 15.6. The molecule has 1 atom stereocenters. The molecule has 1 fully saturated rings. The van der Waals surface area contributed by atoms with Crippen LogP contribution >= 0.6 is 11.8 Å². The van der Waals surface area contributed by atoms with Crippen molar-refractivity contribution in [3.8, 4) is 11.8 Å². The summed E-state index contributed by atoms with van der Waals surface area (Å²) in [4.78, 5) is 29.4. The molecule has 7 nitrogen and oxygen atoms in total. The molecule has 0 aliphatic carbocycles. The Morgan fingerprint density at radius 2 is 2.12 bits per heavy atom. The molecular weight excluding hydrogens is 426 g/mol. The molecule has 0 bridgehead atoms. The second-order valence-corrected chi connectivity index (χ2v) is 8.80. The second kappa shape index (κ2) is 7.77. The average molecular weight is 446 g/mol. The van der Waals surface area contributed by atoms with E-state index in [1.54, 1.807) is 47.2 Å². The molecule has 1 spiro atoms. The zero-order valence-corrected chi connectivity index (χ0v) is 18.1. The van der Waals surface area contributed by atoms with Gasteiger partial charge in [0.05, 0.1) is 37.2 Å². The van der Waals surface area contributed by atoms with Crippen LogP contribution in [0.2, 0.25) is 0 Å². The van der Waals surface area contributed by atoms with Crippen molar-refractivity contribution >= 4 is 29.3 Å². The van der Waals surface area contributed by atoms with Crippen molar-refractivity contribution in [2.24, 2.45) is 0 Å². The van der Waals surface area contributed by atoms with Crippen LogP contribution in [0.5, 0.6) is 5.75 Å². The predicted octanol–water partition coefficient (Wildman–Crippen LogP) is 3.75. The smallest absolute Gasteiger partial charge is 0.291 e. The fourth-order valence-corrected chi connectivity index (χ4v) is 5.79. The van der Waals surface area contributed by atoms with Gasteiger partial charge in [0.1, 0.15) is 5.75 Å². The Balaban J connectivity index is 1.61. The number of hydrogen-bond acceptors (Lipinski definition) is 6. The number of ether oxygens (including phenoxy) is 1. The Bertz CT molecular complexity index is 1250. The van der Waals surface area contributed by atoms with Gasteiger partial charge in [0, 0.05) is 17.9 Å². The van der Waals surface area contributed by atoms with Gasteiger partial charge in [0.25, 0.3) is 11.8 Å². The maximum absolute atomic E-state index is 14.0. The van der Waals surface area contributed by atoms with E-state index in [2.05, 4.69) is 6.07 Å². The van der Waals surface area contributed by atoms with Gasteiger partial charge >= 0.3 is 0 Å². The first-order valence-corrected chi connectivity index (χ1v) is 11.1. The van der Waals surface area contributed by atoms with Crippen LogP contribution in [0.15, 0.2) is 65.3 Å². The van der Waals surface area contributed by atoms with Gasteiger partial charge in [-0.2, -0.15) is 5.26 Å². The van der Waals surface area contributed by atoms with E-state index in [0.29, 0.717) is 30.2 Å². The highest BCUT2D eigenvalue weighted by Gasteiger charge is 2.60. The third-order valence-electron chi connectivity index (χ3n) is 5.77. The number of nitrogens with zero attached hydrogens (tertiary/aromatic N) is 3. The van der Waals surface area contributed by atoms with Crippen LogP contribution in [0.3, 0.4) is 0 Å². The first-order valence-electron chi connectivity index (χ1n) is 10.1. The molecule has 1 aromatic heterocycles. The number of thioether (sulfide) groups is 1. The highest BCUT2D eigenvalue weighted by atomic mass is 32.2. The normalized spacial score (nSPS) is 19.3. The quantitative estimate of drug-likeness (QED) is 0.608. The van der Waals surface area contributed by atoms with E-state index in [4.69, 9.17) is 9.15 Å². The summed E-state index contributed by atoms with van der Waals surface area (Å²) in [7, 11) is 1.57. The number of fused-ring (bicyclic) bond motifs is 2. The molecule has 2 aromatic carbocycles. The molecule has 8 heteroatoms. The van der Waals surface area contributed by atoms with E-state index in [0.717, 1.165) is 16.8 Å². The minimum absolute atomic E-state index is 0.189. The molecule has 2 aliphatic heterocycles. The number of carbonyl (C=O) groups is 2. The standard InChI is InChI=1S/C24H19N3O4S/c1-30-18-7-8-20-19(13-18)24(27(9-11-32-24)22(28)21-6-3-10-31-21)23(29)26(20)15-17-5-2-4-16(12-17)14-25/h2-8,10,12-13H,9,11,15H2,1H3. The number of hydrogen-bond donors (Lipinski definition) is 0. The minimum atomic E-state index is -1.19. The van der Waals surface area contributed by atoms with Crippen LogP contribution in [0.1, 0.15) is 27.2 Å². The third kappa shape index (κ3) is 2.97. The molecule has 3 heterocycles. The molecule has 0 radical (unpaired) electrons. The maximum atomic E-state index is 14.0. The van der Waals surface area contributed by atoms with E-state index < -0.39 is 4.87 Å². The summed E-state index contributed by atoms with van der Waals surface area (Å²) in [6.45, 7) is 0.711. The maximum Gasteiger partial charge on any atom is 0.291 e. The topological polar surface area (TPSA) is 86.8 Å². The van der Waals surface area contributed by atoms with Crippen LogP contribution in [0.4, 0.5) is 5.69 Å². The largest absolute Gasteiger partial charge is 0.497 e. The summed E-state index contributed by atoms with van der Waals surface area (Å²) >= 11 is 1.44. The predicted molar refractivity (Wildman–Crippen MR) is 119 cm³/mol. The molecule has 32 heavy (non-hydrogen) atoms. The van der Waals surface area contributed by atoms with Crippen molar-refractivity contribution in [1.82, 2.24) is 4.90 Å². The van der Waals surface area contributed by atoms with Crippen LogP contribution in [0, 0.1) is 11.3 Å². The molecule has 1 unspecified atom stereocenters. The summed E-state index contributed by atoms with van der Waals surface area (Å²) < 4.78 is 10.8. The highest BCUT2D eigenvalue weighted by Crippen LogP contribution is 2.55. The second-order valence-electron chi connectivity index (χ2n) is 7.51. The zero-order valence-electron chi connectivity index (χ0n) is 17.3. The number of anilines is 1. The number of rotatable bonds is 4. The third-order valence-corrected chi connectivity index (χ3v) is 7.19. The number of carbonyl (C=O) groups excluding carboxylic acids is 2. The highest BCUT2D eigenvalue weighted by molar-refractivity contribution is 8.01. The molecule has 160 valence electrons. The number of benzene rings is 2. The van der Waals surface area contributed by atoms with Crippen LogP contribution in [-0.4, -0.2) is 36.1 Å². The number of amides is 2. The lowest BCUT2D eigenvalue weighted by Crippen LogP contribution is -2.50. The van der Waals surface area contributed by atoms with E-state index >= 15 is 0 Å². The van der Waals surface area contributed by atoms with Crippen LogP contribution in [0.25, 0.3) is 0 Å². The molecular formula is C24H19N3O4S. The van der Waals surface area contributed by atoms with Crippen molar-refractivity contribution in [2.45, 2.75) is 11.4 Å². The molecule has 5 rings (SSSR count). The average Bonchev–Trinajstić information content (AvgIpc) is 3.56. The van der Waals surface area contributed by atoms with Crippen molar-refractivity contribution in [3.63, 3.8) is 0 Å². The van der Waals surface area contributed by atoms with Crippen molar-refractivity contribution in [1.29, 1.82) is 5.26 Å². The Kier molecular flexibility index (Phi) is 4.91. The van der Waals surface area contributed by atoms with Crippen LogP contribution < -0.4 is 9.64 Å². The SMILES string of the molecule is COc1ccc2c(c1)C1(SCCN1C(=O)c1ccco1)C(=O)N2Cc1cccc(C#N)c1. The molecule has 2 aliphatic rings.